The number of carbonyl (C=O) groups is 2. The molecule has 4 N–H and O–H groups in total. The number of hydrogen-bond donors (Lipinski definition) is 3. The summed E-state index contributed by atoms with van der Waals surface area (Å²) in [6, 6.07) is 7.21. The lowest BCUT2D eigenvalue weighted by Crippen LogP contribution is -2.39. The number of carbonyl (C=O) groups excluding carboxylic acids is 2. The summed E-state index contributed by atoms with van der Waals surface area (Å²) in [6.45, 7) is 2.28. The number of nitrogens with two attached hydrogens (primary N) is 1. The molecule has 0 saturated carbocycles. The van der Waals surface area contributed by atoms with Crippen LogP contribution in [-0.2, 0) is 18.4 Å². The first-order chi connectivity index (χ1) is 14.0. The van der Waals surface area contributed by atoms with Crippen LogP contribution in [0.2, 0.25) is 0 Å². The molecular weight excluding hydrogens is 497 g/mol. The molecule has 2 aromatic rings. The molecule has 2 amide bonds. The maximum Gasteiger partial charge on any atom is 0.251 e. The van der Waals surface area contributed by atoms with Crippen LogP contribution in [-0.4, -0.2) is 59.1 Å². The molecule has 0 spiro atoms. The molecule has 3 rings (SSSR count). The lowest BCUT2D eigenvalue weighted by Gasteiger charge is -2.21. The van der Waals surface area contributed by atoms with E-state index in [0.29, 0.717) is 18.0 Å². The zero-order chi connectivity index (χ0) is 20.8. The monoisotopic (exact) mass is 525 g/mol. The SMILES string of the molecule is CN=C(NCc1ccc(C(=O)NCC(N)=O)cc1)N1CCC(c2cnn(C)c2)C1.I. The number of likely N-dealkylation sites (tertiary alicyclic amines) is 1. The second-order valence-corrected chi connectivity index (χ2v) is 7.13. The summed E-state index contributed by atoms with van der Waals surface area (Å²) >= 11 is 0. The summed E-state index contributed by atoms with van der Waals surface area (Å²) in [6.07, 6.45) is 5.08. The molecule has 1 aromatic carbocycles. The Morgan fingerprint density at radius 2 is 2.00 bits per heavy atom. The Kier molecular flexibility index (Phi) is 8.63. The van der Waals surface area contributed by atoms with Crippen molar-refractivity contribution in [3.63, 3.8) is 0 Å². The summed E-state index contributed by atoms with van der Waals surface area (Å²) < 4.78 is 1.84. The third-order valence-corrected chi connectivity index (χ3v) is 4.99. The largest absolute Gasteiger partial charge is 0.368 e. The average molecular weight is 525 g/mol. The van der Waals surface area contributed by atoms with Crippen LogP contribution in [0.5, 0.6) is 0 Å². The smallest absolute Gasteiger partial charge is 0.251 e. The molecule has 0 radical (unpaired) electrons. The van der Waals surface area contributed by atoms with Crippen molar-refractivity contribution < 1.29 is 9.59 Å². The topological polar surface area (TPSA) is 118 Å². The van der Waals surface area contributed by atoms with Crippen LogP contribution in [0.4, 0.5) is 0 Å². The van der Waals surface area contributed by atoms with E-state index in [2.05, 4.69) is 31.8 Å². The first-order valence-electron chi connectivity index (χ1n) is 9.56. The number of halogens is 1. The molecule has 1 aliphatic heterocycles. The number of aryl methyl sites for hydroxylation is 1. The van der Waals surface area contributed by atoms with E-state index in [1.54, 1.807) is 19.2 Å². The molecule has 1 unspecified atom stereocenters. The van der Waals surface area contributed by atoms with E-state index in [0.717, 1.165) is 31.0 Å². The Balaban J connectivity index is 0.00000320. The van der Waals surface area contributed by atoms with Crippen LogP contribution < -0.4 is 16.4 Å². The van der Waals surface area contributed by atoms with Gasteiger partial charge in [0.2, 0.25) is 5.91 Å². The highest BCUT2D eigenvalue weighted by molar-refractivity contribution is 14.0. The average Bonchev–Trinajstić information content (AvgIpc) is 3.36. The fourth-order valence-corrected chi connectivity index (χ4v) is 3.43. The van der Waals surface area contributed by atoms with E-state index in [9.17, 15) is 9.59 Å². The van der Waals surface area contributed by atoms with Gasteiger partial charge in [-0.1, -0.05) is 12.1 Å². The van der Waals surface area contributed by atoms with Gasteiger partial charge in [0.15, 0.2) is 5.96 Å². The highest BCUT2D eigenvalue weighted by atomic mass is 127. The zero-order valence-corrected chi connectivity index (χ0v) is 19.5. The van der Waals surface area contributed by atoms with Gasteiger partial charge in [0.25, 0.3) is 5.91 Å². The number of primary amides is 1. The highest BCUT2D eigenvalue weighted by Crippen LogP contribution is 2.26. The van der Waals surface area contributed by atoms with Crippen molar-refractivity contribution in [3.05, 3.63) is 53.3 Å². The number of guanidine groups is 1. The second-order valence-electron chi connectivity index (χ2n) is 7.13. The van der Waals surface area contributed by atoms with Gasteiger partial charge in [-0.3, -0.25) is 19.3 Å². The molecule has 30 heavy (non-hydrogen) atoms. The van der Waals surface area contributed by atoms with E-state index in [1.807, 2.05) is 30.1 Å². The lowest BCUT2D eigenvalue weighted by molar-refractivity contribution is -0.117. The Morgan fingerprint density at radius 3 is 2.60 bits per heavy atom. The van der Waals surface area contributed by atoms with Gasteiger partial charge in [0.05, 0.1) is 12.7 Å². The molecule has 1 saturated heterocycles. The van der Waals surface area contributed by atoms with Crippen LogP contribution in [0.3, 0.4) is 0 Å². The van der Waals surface area contributed by atoms with E-state index >= 15 is 0 Å². The molecular formula is C20H28IN7O2. The van der Waals surface area contributed by atoms with Crippen molar-refractivity contribution in [1.82, 2.24) is 25.3 Å². The van der Waals surface area contributed by atoms with E-state index in [4.69, 9.17) is 5.73 Å². The number of aliphatic imine (C=N–C) groups is 1. The zero-order valence-electron chi connectivity index (χ0n) is 17.2. The quantitative estimate of drug-likeness (QED) is 0.293. The minimum absolute atomic E-state index is 0. The number of hydrogen-bond acceptors (Lipinski definition) is 4. The normalized spacial score (nSPS) is 16.1. The summed E-state index contributed by atoms with van der Waals surface area (Å²) in [4.78, 5) is 29.3. The van der Waals surface area contributed by atoms with Crippen molar-refractivity contribution >= 4 is 41.8 Å². The summed E-state index contributed by atoms with van der Waals surface area (Å²) in [5.74, 6) is 0.427. The van der Waals surface area contributed by atoms with Crippen LogP contribution in [0.25, 0.3) is 0 Å². The lowest BCUT2D eigenvalue weighted by atomic mass is 10.0. The maximum atomic E-state index is 11.9. The molecule has 1 aliphatic rings. The van der Waals surface area contributed by atoms with Gasteiger partial charge in [-0.15, -0.1) is 24.0 Å². The Labute approximate surface area is 193 Å². The molecule has 2 heterocycles. The molecule has 1 aromatic heterocycles. The van der Waals surface area contributed by atoms with Crippen LogP contribution >= 0.6 is 24.0 Å². The Morgan fingerprint density at radius 1 is 1.27 bits per heavy atom. The van der Waals surface area contributed by atoms with Crippen LogP contribution in [0, 0.1) is 0 Å². The number of nitrogens with one attached hydrogen (secondary N) is 2. The fourth-order valence-electron chi connectivity index (χ4n) is 3.43. The summed E-state index contributed by atoms with van der Waals surface area (Å²) in [5.41, 5.74) is 7.81. The number of benzene rings is 1. The molecule has 9 nitrogen and oxygen atoms in total. The number of rotatable bonds is 6. The first kappa shape index (κ1) is 23.6. The number of aromatic nitrogens is 2. The fraction of sp³-hybridized carbons (Fsp3) is 0.400. The van der Waals surface area contributed by atoms with Gasteiger partial charge in [-0.2, -0.15) is 5.10 Å². The van der Waals surface area contributed by atoms with E-state index in [1.165, 1.54) is 5.56 Å². The van der Waals surface area contributed by atoms with Gasteiger partial charge < -0.3 is 21.3 Å². The van der Waals surface area contributed by atoms with Crippen molar-refractivity contribution in [1.29, 1.82) is 0 Å². The maximum absolute atomic E-state index is 11.9. The van der Waals surface area contributed by atoms with Crippen LogP contribution in [0.1, 0.15) is 33.8 Å². The summed E-state index contributed by atoms with van der Waals surface area (Å²) in [7, 11) is 3.72. The van der Waals surface area contributed by atoms with E-state index < -0.39 is 5.91 Å². The standard InChI is InChI=1S/C20H27N7O2.HI/c1-22-20(27-8-7-16(13-27)17-10-25-26(2)12-17)24-9-14-3-5-15(6-4-14)19(29)23-11-18(21)28;/h3-6,10,12,16H,7-9,11,13H2,1-2H3,(H2,21,28)(H,22,24)(H,23,29);1H. The first-order valence-corrected chi connectivity index (χ1v) is 9.56. The Hall–Kier alpha value is -2.63. The van der Waals surface area contributed by atoms with Crippen molar-refractivity contribution in [2.75, 3.05) is 26.7 Å². The predicted octanol–water partition coefficient (Wildman–Crippen LogP) is 0.818. The molecule has 0 bridgehead atoms. The van der Waals surface area contributed by atoms with E-state index in [-0.39, 0.29) is 36.4 Å². The van der Waals surface area contributed by atoms with Crippen molar-refractivity contribution in [3.8, 4) is 0 Å². The van der Waals surface area contributed by atoms with Gasteiger partial charge in [-0.25, -0.2) is 0 Å². The predicted molar refractivity (Wildman–Crippen MR) is 126 cm³/mol. The molecule has 162 valence electrons. The van der Waals surface area contributed by atoms with Crippen molar-refractivity contribution in [2.45, 2.75) is 18.9 Å². The number of amides is 2. The van der Waals surface area contributed by atoms with Crippen LogP contribution in [0.15, 0.2) is 41.7 Å². The summed E-state index contributed by atoms with van der Waals surface area (Å²) in [5, 5.41) is 10.1. The minimum atomic E-state index is -0.571. The highest BCUT2D eigenvalue weighted by Gasteiger charge is 2.26. The molecule has 1 fully saturated rings. The number of nitrogens with zero attached hydrogens (tertiary/aromatic N) is 4. The van der Waals surface area contributed by atoms with Crippen molar-refractivity contribution in [2.24, 2.45) is 17.8 Å². The third kappa shape index (κ3) is 6.18. The van der Waals surface area contributed by atoms with Gasteiger partial charge in [0, 0.05) is 51.4 Å². The molecule has 0 aliphatic carbocycles. The third-order valence-electron chi connectivity index (χ3n) is 4.99. The van der Waals surface area contributed by atoms with Gasteiger partial charge in [0.1, 0.15) is 0 Å². The minimum Gasteiger partial charge on any atom is -0.368 e. The molecule has 10 heteroatoms. The second kappa shape index (κ2) is 11.0. The molecule has 1 atom stereocenters. The van der Waals surface area contributed by atoms with Gasteiger partial charge >= 0.3 is 0 Å². The van der Waals surface area contributed by atoms with Gasteiger partial charge in [-0.05, 0) is 29.7 Å². The Bertz CT molecular complexity index is 895.